The van der Waals surface area contributed by atoms with Crippen LogP contribution in [0.15, 0.2) is 59.2 Å². The Morgan fingerprint density at radius 1 is 1.10 bits per heavy atom. The molecule has 1 aromatic heterocycles. The Hall–Kier alpha value is -1.58. The fraction of sp³-hybridized carbons (Fsp3) is 0.176. The van der Waals surface area contributed by atoms with Crippen LogP contribution in [-0.4, -0.2) is 4.98 Å². The van der Waals surface area contributed by atoms with Crippen LogP contribution in [0, 0.1) is 0 Å². The van der Waals surface area contributed by atoms with Gasteiger partial charge < -0.3 is 10.3 Å². The Bertz CT molecular complexity index is 718. The standard InChI is InChI=1S/C17H17BrN2/c1-12(14-6-2-3-7-16(14)18)20-11-13-5-4-8-17-15(13)9-10-19-17/h2-10,12,19-20H,11H2,1H3. The van der Waals surface area contributed by atoms with Crippen molar-refractivity contribution in [3.63, 3.8) is 0 Å². The summed E-state index contributed by atoms with van der Waals surface area (Å²) in [6.45, 7) is 3.05. The minimum absolute atomic E-state index is 0.305. The predicted octanol–water partition coefficient (Wildman–Crippen LogP) is 4.78. The van der Waals surface area contributed by atoms with Gasteiger partial charge in [0.2, 0.25) is 0 Å². The first kappa shape index (κ1) is 13.4. The second-order valence-electron chi connectivity index (χ2n) is 4.98. The van der Waals surface area contributed by atoms with Gasteiger partial charge in [0, 0.05) is 34.2 Å². The third-order valence-electron chi connectivity index (χ3n) is 3.66. The van der Waals surface area contributed by atoms with Gasteiger partial charge in [-0.1, -0.05) is 46.3 Å². The highest BCUT2D eigenvalue weighted by Crippen LogP contribution is 2.24. The molecule has 0 bridgehead atoms. The molecule has 0 spiro atoms. The summed E-state index contributed by atoms with van der Waals surface area (Å²) in [5.41, 5.74) is 3.80. The number of aromatic amines is 1. The van der Waals surface area contributed by atoms with Crippen molar-refractivity contribution in [1.82, 2.24) is 10.3 Å². The zero-order valence-corrected chi connectivity index (χ0v) is 12.9. The van der Waals surface area contributed by atoms with Crippen LogP contribution in [0.25, 0.3) is 10.9 Å². The molecule has 102 valence electrons. The number of rotatable bonds is 4. The third-order valence-corrected chi connectivity index (χ3v) is 4.38. The van der Waals surface area contributed by atoms with Gasteiger partial charge in [0.25, 0.3) is 0 Å². The summed E-state index contributed by atoms with van der Waals surface area (Å²) in [4.78, 5) is 3.25. The van der Waals surface area contributed by atoms with E-state index in [4.69, 9.17) is 0 Å². The molecule has 20 heavy (non-hydrogen) atoms. The van der Waals surface area contributed by atoms with E-state index in [0.29, 0.717) is 6.04 Å². The van der Waals surface area contributed by atoms with E-state index in [0.717, 1.165) is 11.0 Å². The van der Waals surface area contributed by atoms with Crippen molar-refractivity contribution in [2.45, 2.75) is 19.5 Å². The van der Waals surface area contributed by atoms with E-state index in [1.165, 1.54) is 22.0 Å². The monoisotopic (exact) mass is 328 g/mol. The SMILES string of the molecule is CC(NCc1cccc2[nH]ccc12)c1ccccc1Br. The molecule has 2 N–H and O–H groups in total. The number of aromatic nitrogens is 1. The molecule has 0 saturated heterocycles. The summed E-state index contributed by atoms with van der Waals surface area (Å²) in [6, 6.07) is 17.2. The Labute approximate surface area is 127 Å². The van der Waals surface area contributed by atoms with Crippen LogP contribution >= 0.6 is 15.9 Å². The highest BCUT2D eigenvalue weighted by atomic mass is 79.9. The maximum absolute atomic E-state index is 3.61. The fourth-order valence-corrected chi connectivity index (χ4v) is 3.13. The Morgan fingerprint density at radius 2 is 1.95 bits per heavy atom. The normalized spacial score (nSPS) is 12.7. The molecule has 0 saturated carbocycles. The van der Waals surface area contributed by atoms with E-state index in [1.54, 1.807) is 0 Å². The maximum atomic E-state index is 3.61. The molecular formula is C17H17BrN2. The summed E-state index contributed by atoms with van der Waals surface area (Å²) in [5.74, 6) is 0. The van der Waals surface area contributed by atoms with Crippen molar-refractivity contribution >= 4 is 26.8 Å². The van der Waals surface area contributed by atoms with Crippen molar-refractivity contribution < 1.29 is 0 Å². The average molecular weight is 329 g/mol. The van der Waals surface area contributed by atoms with Gasteiger partial charge in [-0.05, 0) is 36.2 Å². The molecule has 0 radical (unpaired) electrons. The lowest BCUT2D eigenvalue weighted by Gasteiger charge is -2.16. The summed E-state index contributed by atoms with van der Waals surface area (Å²) >= 11 is 3.61. The Balaban J connectivity index is 1.76. The van der Waals surface area contributed by atoms with Crippen molar-refractivity contribution in [3.8, 4) is 0 Å². The molecule has 0 aliphatic carbocycles. The molecule has 3 aromatic rings. The Kier molecular flexibility index (Phi) is 3.90. The van der Waals surface area contributed by atoms with Crippen molar-refractivity contribution in [3.05, 3.63) is 70.3 Å². The second kappa shape index (κ2) is 5.81. The third kappa shape index (κ3) is 2.65. The lowest BCUT2D eigenvalue weighted by atomic mass is 10.1. The molecule has 0 aliphatic heterocycles. The summed E-state index contributed by atoms with van der Waals surface area (Å²) in [5, 5.41) is 4.89. The van der Waals surface area contributed by atoms with Crippen LogP contribution < -0.4 is 5.32 Å². The van der Waals surface area contributed by atoms with Crippen LogP contribution in [-0.2, 0) is 6.54 Å². The first-order valence-corrected chi connectivity index (χ1v) is 7.58. The van der Waals surface area contributed by atoms with Gasteiger partial charge in [-0.3, -0.25) is 0 Å². The number of benzene rings is 2. The van der Waals surface area contributed by atoms with E-state index >= 15 is 0 Å². The number of fused-ring (bicyclic) bond motifs is 1. The lowest BCUT2D eigenvalue weighted by Crippen LogP contribution is -2.18. The van der Waals surface area contributed by atoms with Crippen molar-refractivity contribution in [2.24, 2.45) is 0 Å². The Morgan fingerprint density at radius 3 is 2.80 bits per heavy atom. The van der Waals surface area contributed by atoms with E-state index in [9.17, 15) is 0 Å². The molecule has 2 nitrogen and oxygen atoms in total. The minimum atomic E-state index is 0.305. The van der Waals surface area contributed by atoms with Gasteiger partial charge in [0.1, 0.15) is 0 Å². The summed E-state index contributed by atoms with van der Waals surface area (Å²) < 4.78 is 1.15. The highest BCUT2D eigenvalue weighted by Gasteiger charge is 2.09. The van der Waals surface area contributed by atoms with Gasteiger partial charge in [0.15, 0.2) is 0 Å². The number of hydrogen-bond acceptors (Lipinski definition) is 1. The van der Waals surface area contributed by atoms with Gasteiger partial charge in [0.05, 0.1) is 0 Å². The van der Waals surface area contributed by atoms with Crippen LogP contribution in [0.1, 0.15) is 24.1 Å². The van der Waals surface area contributed by atoms with Crippen LogP contribution in [0.4, 0.5) is 0 Å². The molecule has 0 amide bonds. The zero-order chi connectivity index (χ0) is 13.9. The molecule has 1 heterocycles. The highest BCUT2D eigenvalue weighted by molar-refractivity contribution is 9.10. The van der Waals surface area contributed by atoms with Crippen LogP contribution in [0.2, 0.25) is 0 Å². The molecule has 1 atom stereocenters. The molecule has 2 aromatic carbocycles. The smallest absolute Gasteiger partial charge is 0.0457 e. The molecule has 1 unspecified atom stereocenters. The predicted molar refractivity (Wildman–Crippen MR) is 87.7 cm³/mol. The second-order valence-corrected chi connectivity index (χ2v) is 5.83. The van der Waals surface area contributed by atoms with Gasteiger partial charge >= 0.3 is 0 Å². The zero-order valence-electron chi connectivity index (χ0n) is 11.4. The minimum Gasteiger partial charge on any atom is -0.361 e. The largest absolute Gasteiger partial charge is 0.361 e. The fourth-order valence-electron chi connectivity index (χ4n) is 2.50. The maximum Gasteiger partial charge on any atom is 0.0457 e. The van der Waals surface area contributed by atoms with Crippen molar-refractivity contribution in [2.75, 3.05) is 0 Å². The number of halogens is 1. The first-order valence-electron chi connectivity index (χ1n) is 6.78. The number of H-pyrrole nitrogens is 1. The van der Waals surface area contributed by atoms with E-state index in [2.05, 4.69) is 75.6 Å². The van der Waals surface area contributed by atoms with E-state index in [1.807, 2.05) is 12.3 Å². The van der Waals surface area contributed by atoms with Gasteiger partial charge in [-0.2, -0.15) is 0 Å². The number of hydrogen-bond donors (Lipinski definition) is 2. The van der Waals surface area contributed by atoms with E-state index < -0.39 is 0 Å². The summed E-state index contributed by atoms with van der Waals surface area (Å²) in [7, 11) is 0. The number of nitrogens with one attached hydrogen (secondary N) is 2. The lowest BCUT2D eigenvalue weighted by molar-refractivity contribution is 0.574. The first-order chi connectivity index (χ1) is 9.75. The molecule has 0 aliphatic rings. The molecule has 0 fully saturated rings. The van der Waals surface area contributed by atoms with Gasteiger partial charge in [-0.25, -0.2) is 0 Å². The molecular weight excluding hydrogens is 312 g/mol. The van der Waals surface area contributed by atoms with Crippen LogP contribution in [0.5, 0.6) is 0 Å². The topological polar surface area (TPSA) is 27.8 Å². The van der Waals surface area contributed by atoms with Crippen LogP contribution in [0.3, 0.4) is 0 Å². The quantitative estimate of drug-likeness (QED) is 0.708. The molecule has 3 rings (SSSR count). The van der Waals surface area contributed by atoms with Crippen molar-refractivity contribution in [1.29, 1.82) is 0 Å². The molecule has 3 heteroatoms. The van der Waals surface area contributed by atoms with Gasteiger partial charge in [-0.15, -0.1) is 0 Å². The average Bonchev–Trinajstić information content (AvgIpc) is 2.94. The summed E-state index contributed by atoms with van der Waals surface area (Å²) in [6.07, 6.45) is 1.99. The van der Waals surface area contributed by atoms with E-state index in [-0.39, 0.29) is 0 Å².